The number of ketones is 1. The zero-order chi connectivity index (χ0) is 16.1. The van der Waals surface area contributed by atoms with Crippen molar-refractivity contribution in [3.8, 4) is 0 Å². The highest BCUT2D eigenvalue weighted by Crippen LogP contribution is 2.13. The number of carbonyl (C=O) groups excluding carboxylic acids is 2. The molecule has 0 aliphatic carbocycles. The van der Waals surface area contributed by atoms with Gasteiger partial charge in [0.1, 0.15) is 6.17 Å². The van der Waals surface area contributed by atoms with Crippen LogP contribution in [0.25, 0.3) is 0 Å². The van der Waals surface area contributed by atoms with Gasteiger partial charge in [-0.3, -0.25) is 14.5 Å². The van der Waals surface area contributed by atoms with E-state index in [9.17, 15) is 9.59 Å². The van der Waals surface area contributed by atoms with Crippen molar-refractivity contribution in [2.24, 2.45) is 0 Å². The van der Waals surface area contributed by atoms with Crippen molar-refractivity contribution in [1.82, 2.24) is 10.2 Å². The second kappa shape index (κ2) is 7.50. The third-order valence-electron chi connectivity index (χ3n) is 3.73. The molecule has 1 amide bonds. The predicted molar refractivity (Wildman–Crippen MR) is 88.7 cm³/mol. The van der Waals surface area contributed by atoms with Gasteiger partial charge in [-0.1, -0.05) is 36.4 Å². The summed E-state index contributed by atoms with van der Waals surface area (Å²) in [5.74, 6) is -0.321. The first-order valence-electron chi connectivity index (χ1n) is 7.51. The van der Waals surface area contributed by atoms with Gasteiger partial charge in [-0.15, -0.1) is 11.3 Å². The number of thiophene rings is 1. The van der Waals surface area contributed by atoms with Crippen molar-refractivity contribution >= 4 is 23.0 Å². The van der Waals surface area contributed by atoms with E-state index in [1.807, 2.05) is 34.5 Å². The molecule has 1 fully saturated rings. The zero-order valence-corrected chi connectivity index (χ0v) is 13.4. The maximum absolute atomic E-state index is 12.9. The Balaban J connectivity index is 1.81. The summed E-state index contributed by atoms with van der Waals surface area (Å²) in [5.41, 5.74) is 0.593. The molecule has 2 heterocycles. The molecule has 5 nitrogen and oxygen atoms in total. The molecule has 1 N–H and O–H groups in total. The van der Waals surface area contributed by atoms with Crippen molar-refractivity contribution in [3.63, 3.8) is 0 Å². The molecule has 1 aliphatic rings. The number of nitrogens with one attached hydrogen (secondary N) is 1. The summed E-state index contributed by atoms with van der Waals surface area (Å²) in [6.07, 6.45) is -0.670. The van der Waals surface area contributed by atoms with E-state index in [1.54, 1.807) is 18.2 Å². The molecule has 1 aliphatic heterocycles. The van der Waals surface area contributed by atoms with Gasteiger partial charge in [0.2, 0.25) is 0 Å². The van der Waals surface area contributed by atoms with Crippen LogP contribution in [0.5, 0.6) is 0 Å². The molecule has 6 heteroatoms. The normalized spacial score (nSPS) is 16.7. The average Bonchev–Trinajstić information content (AvgIpc) is 3.15. The van der Waals surface area contributed by atoms with Crippen molar-refractivity contribution in [2.45, 2.75) is 6.17 Å². The Morgan fingerprint density at radius 2 is 1.83 bits per heavy atom. The zero-order valence-electron chi connectivity index (χ0n) is 12.6. The van der Waals surface area contributed by atoms with Crippen LogP contribution in [0.1, 0.15) is 20.0 Å². The molecule has 1 atom stereocenters. The van der Waals surface area contributed by atoms with E-state index in [2.05, 4.69) is 5.32 Å². The minimum Gasteiger partial charge on any atom is -0.379 e. The smallest absolute Gasteiger partial charge is 0.262 e. The Morgan fingerprint density at radius 3 is 2.48 bits per heavy atom. The van der Waals surface area contributed by atoms with E-state index >= 15 is 0 Å². The van der Waals surface area contributed by atoms with Gasteiger partial charge in [-0.25, -0.2) is 0 Å². The Kier molecular flexibility index (Phi) is 5.17. The Morgan fingerprint density at radius 1 is 1.09 bits per heavy atom. The first-order chi connectivity index (χ1) is 11.3. The number of ether oxygens (including phenoxy) is 1. The van der Waals surface area contributed by atoms with Crippen LogP contribution in [-0.2, 0) is 4.74 Å². The molecule has 120 valence electrons. The van der Waals surface area contributed by atoms with Crippen molar-refractivity contribution in [1.29, 1.82) is 0 Å². The second-order valence-corrected chi connectivity index (χ2v) is 6.18. The van der Waals surface area contributed by atoms with Crippen LogP contribution in [0.15, 0.2) is 47.8 Å². The van der Waals surface area contributed by atoms with Crippen LogP contribution in [0.3, 0.4) is 0 Å². The topological polar surface area (TPSA) is 58.6 Å². The Labute approximate surface area is 138 Å². The standard InChI is InChI=1S/C17H18N2O3S/c20-15(13-5-2-1-3-6-13)16(19-8-10-22-11-9-19)18-17(21)14-7-4-12-23-14/h1-7,12,16H,8-11H2,(H,18,21)/t16-/m1/s1. The number of morpholine rings is 1. The summed E-state index contributed by atoms with van der Waals surface area (Å²) in [6, 6.07) is 12.6. The fourth-order valence-corrected chi connectivity index (χ4v) is 3.15. The summed E-state index contributed by atoms with van der Waals surface area (Å²) in [7, 11) is 0. The van der Waals surface area contributed by atoms with Crippen LogP contribution in [0, 0.1) is 0 Å². The van der Waals surface area contributed by atoms with Gasteiger partial charge in [0.15, 0.2) is 5.78 Å². The molecule has 1 aromatic carbocycles. The fourth-order valence-electron chi connectivity index (χ4n) is 2.52. The summed E-state index contributed by atoms with van der Waals surface area (Å²) < 4.78 is 5.35. The number of rotatable bonds is 5. The number of amides is 1. The highest BCUT2D eigenvalue weighted by molar-refractivity contribution is 7.12. The highest BCUT2D eigenvalue weighted by Gasteiger charge is 2.30. The molecule has 1 aromatic heterocycles. The average molecular weight is 330 g/mol. The number of hydrogen-bond acceptors (Lipinski definition) is 5. The molecule has 0 unspecified atom stereocenters. The monoisotopic (exact) mass is 330 g/mol. The van der Waals surface area contributed by atoms with Crippen molar-refractivity contribution in [3.05, 3.63) is 58.3 Å². The lowest BCUT2D eigenvalue weighted by atomic mass is 10.1. The maximum atomic E-state index is 12.9. The molecular formula is C17H18N2O3S. The summed E-state index contributed by atoms with van der Waals surface area (Å²) >= 11 is 1.36. The van der Waals surface area contributed by atoms with Gasteiger partial charge in [0.25, 0.3) is 5.91 Å². The fraction of sp³-hybridized carbons (Fsp3) is 0.294. The molecule has 2 aromatic rings. The summed E-state index contributed by atoms with van der Waals surface area (Å²) in [4.78, 5) is 27.8. The number of nitrogens with zero attached hydrogens (tertiary/aromatic N) is 1. The second-order valence-electron chi connectivity index (χ2n) is 5.23. The van der Waals surface area contributed by atoms with Gasteiger partial charge in [0, 0.05) is 18.7 Å². The van der Waals surface area contributed by atoms with Crippen LogP contribution in [-0.4, -0.2) is 49.1 Å². The molecule has 0 spiro atoms. The molecule has 0 bridgehead atoms. The van der Waals surface area contributed by atoms with Gasteiger partial charge in [0.05, 0.1) is 18.1 Å². The van der Waals surface area contributed by atoms with E-state index in [4.69, 9.17) is 4.74 Å². The van der Waals surface area contributed by atoms with E-state index < -0.39 is 6.17 Å². The number of hydrogen-bond donors (Lipinski definition) is 1. The Bertz CT molecular complexity index is 652. The lowest BCUT2D eigenvalue weighted by molar-refractivity contribution is 0.0111. The number of Topliss-reactive ketones (excluding diaryl/α,β-unsaturated/α-hetero) is 1. The van der Waals surface area contributed by atoms with E-state index in [0.717, 1.165) is 0 Å². The minimum absolute atomic E-state index is 0.0996. The summed E-state index contributed by atoms with van der Waals surface area (Å²) in [5, 5.41) is 4.72. The first-order valence-corrected chi connectivity index (χ1v) is 8.39. The quantitative estimate of drug-likeness (QED) is 0.852. The lowest BCUT2D eigenvalue weighted by Gasteiger charge is -2.33. The van der Waals surface area contributed by atoms with Gasteiger partial charge in [-0.2, -0.15) is 0 Å². The van der Waals surface area contributed by atoms with Crippen LogP contribution in [0.2, 0.25) is 0 Å². The van der Waals surface area contributed by atoms with E-state index in [1.165, 1.54) is 11.3 Å². The molecule has 23 heavy (non-hydrogen) atoms. The number of carbonyl (C=O) groups is 2. The first kappa shape index (κ1) is 15.9. The molecule has 0 radical (unpaired) electrons. The maximum Gasteiger partial charge on any atom is 0.262 e. The van der Waals surface area contributed by atoms with Gasteiger partial charge in [-0.05, 0) is 11.4 Å². The molecule has 0 saturated carbocycles. The third-order valence-corrected chi connectivity index (χ3v) is 4.60. The van der Waals surface area contributed by atoms with Crippen molar-refractivity contribution in [2.75, 3.05) is 26.3 Å². The minimum atomic E-state index is -0.670. The van der Waals surface area contributed by atoms with Crippen molar-refractivity contribution < 1.29 is 14.3 Å². The van der Waals surface area contributed by atoms with Crippen LogP contribution >= 0.6 is 11.3 Å². The van der Waals surface area contributed by atoms with E-state index in [-0.39, 0.29) is 11.7 Å². The molecule has 3 rings (SSSR count). The Hall–Kier alpha value is -2.02. The van der Waals surface area contributed by atoms with Gasteiger partial charge >= 0.3 is 0 Å². The SMILES string of the molecule is O=C(N[C@@H](C(=O)c1ccccc1)N1CCOCC1)c1cccs1. The largest absolute Gasteiger partial charge is 0.379 e. The molecule has 1 saturated heterocycles. The lowest BCUT2D eigenvalue weighted by Crippen LogP contribution is -2.56. The van der Waals surface area contributed by atoms with Crippen LogP contribution < -0.4 is 5.32 Å². The van der Waals surface area contributed by atoms with Gasteiger partial charge < -0.3 is 10.1 Å². The van der Waals surface area contributed by atoms with E-state index in [0.29, 0.717) is 36.7 Å². The van der Waals surface area contributed by atoms with Crippen LogP contribution in [0.4, 0.5) is 0 Å². The predicted octanol–water partition coefficient (Wildman–Crippen LogP) is 2.02. The third kappa shape index (κ3) is 3.85. The summed E-state index contributed by atoms with van der Waals surface area (Å²) in [6.45, 7) is 2.36. The highest BCUT2D eigenvalue weighted by atomic mass is 32.1. The number of benzene rings is 1. The molecular weight excluding hydrogens is 312 g/mol.